The molecule has 0 aliphatic rings. The lowest BCUT2D eigenvalue weighted by atomic mass is 9.82. The van der Waals surface area contributed by atoms with E-state index in [4.69, 9.17) is 15.3 Å². The fourth-order valence-corrected chi connectivity index (χ4v) is 1.58. The van der Waals surface area contributed by atoms with Crippen LogP contribution in [0.4, 0.5) is 0 Å². The summed E-state index contributed by atoms with van der Waals surface area (Å²) >= 11 is 0. The Labute approximate surface area is 112 Å². The largest absolute Gasteiger partial charge is 0.396 e. The first-order valence-electron chi connectivity index (χ1n) is 6.73. The standard InChI is InChI=1S/C8H18O2.C6H14O2/c1-6(2)7(10)8(3,4)5-9;1-6(2-4-7)3-5-8/h6-7,9-10H,5H2,1-4H3;6-8H,2-5H2,1H3. The summed E-state index contributed by atoms with van der Waals surface area (Å²) in [5.41, 5.74) is -0.367. The Kier molecular flexibility index (Phi) is 12.0. The lowest BCUT2D eigenvalue weighted by Crippen LogP contribution is -2.36. The Morgan fingerprint density at radius 3 is 1.44 bits per heavy atom. The molecular formula is C14H32O4. The number of aliphatic hydroxyl groups is 4. The zero-order valence-corrected chi connectivity index (χ0v) is 12.6. The first kappa shape index (κ1) is 20.2. The highest BCUT2D eigenvalue weighted by atomic mass is 16.3. The van der Waals surface area contributed by atoms with Gasteiger partial charge in [0.05, 0.1) is 12.7 Å². The molecule has 0 aromatic heterocycles. The van der Waals surface area contributed by atoms with Gasteiger partial charge in [0.15, 0.2) is 0 Å². The van der Waals surface area contributed by atoms with E-state index in [1.807, 2.05) is 34.6 Å². The summed E-state index contributed by atoms with van der Waals surface area (Å²) in [6.07, 6.45) is 1.19. The number of rotatable bonds is 7. The second-order valence-corrected chi connectivity index (χ2v) is 5.97. The first-order valence-corrected chi connectivity index (χ1v) is 6.73. The molecule has 18 heavy (non-hydrogen) atoms. The monoisotopic (exact) mass is 264 g/mol. The summed E-state index contributed by atoms with van der Waals surface area (Å²) in [5.74, 6) is 0.673. The van der Waals surface area contributed by atoms with Gasteiger partial charge in [-0.15, -0.1) is 0 Å². The zero-order valence-electron chi connectivity index (χ0n) is 12.6. The van der Waals surface area contributed by atoms with Gasteiger partial charge < -0.3 is 20.4 Å². The van der Waals surface area contributed by atoms with Crippen LogP contribution in [0.15, 0.2) is 0 Å². The summed E-state index contributed by atoms with van der Waals surface area (Å²) in [6, 6.07) is 0. The van der Waals surface area contributed by atoms with Crippen molar-refractivity contribution in [1.82, 2.24) is 0 Å². The van der Waals surface area contributed by atoms with Crippen LogP contribution in [0.25, 0.3) is 0 Å². The van der Waals surface area contributed by atoms with Gasteiger partial charge in [-0.2, -0.15) is 0 Å². The molecule has 0 amide bonds. The third-order valence-corrected chi connectivity index (χ3v) is 3.08. The van der Waals surface area contributed by atoms with Crippen molar-refractivity contribution in [2.75, 3.05) is 19.8 Å². The normalized spacial score (nSPS) is 13.5. The van der Waals surface area contributed by atoms with Gasteiger partial charge in [-0.25, -0.2) is 0 Å². The molecule has 112 valence electrons. The Hall–Kier alpha value is -0.160. The number of aliphatic hydroxyl groups excluding tert-OH is 4. The molecule has 0 saturated carbocycles. The second-order valence-electron chi connectivity index (χ2n) is 5.97. The minimum atomic E-state index is -0.419. The van der Waals surface area contributed by atoms with E-state index in [0.29, 0.717) is 5.92 Å². The van der Waals surface area contributed by atoms with Crippen LogP contribution in [0, 0.1) is 17.3 Å². The molecule has 0 spiro atoms. The predicted molar refractivity (Wildman–Crippen MR) is 74.3 cm³/mol. The van der Waals surface area contributed by atoms with Gasteiger partial charge in [0, 0.05) is 18.6 Å². The van der Waals surface area contributed by atoms with Gasteiger partial charge >= 0.3 is 0 Å². The molecule has 1 unspecified atom stereocenters. The smallest absolute Gasteiger partial charge is 0.0635 e. The molecule has 1 atom stereocenters. The highest BCUT2D eigenvalue weighted by molar-refractivity contribution is 4.78. The molecule has 0 aromatic carbocycles. The van der Waals surface area contributed by atoms with E-state index in [9.17, 15) is 5.11 Å². The maximum absolute atomic E-state index is 9.49. The Bertz CT molecular complexity index is 175. The molecule has 0 rings (SSSR count). The van der Waals surface area contributed by atoms with Crippen LogP contribution in [-0.2, 0) is 0 Å². The molecule has 4 N–H and O–H groups in total. The Morgan fingerprint density at radius 2 is 1.28 bits per heavy atom. The second kappa shape index (κ2) is 10.7. The van der Waals surface area contributed by atoms with Crippen LogP contribution in [0.2, 0.25) is 0 Å². The van der Waals surface area contributed by atoms with E-state index in [1.165, 1.54) is 0 Å². The molecule has 0 heterocycles. The van der Waals surface area contributed by atoms with E-state index in [-0.39, 0.29) is 31.2 Å². The highest BCUT2D eigenvalue weighted by Crippen LogP contribution is 2.24. The lowest BCUT2D eigenvalue weighted by molar-refractivity contribution is -0.0204. The van der Waals surface area contributed by atoms with E-state index >= 15 is 0 Å². The molecule has 4 heteroatoms. The lowest BCUT2D eigenvalue weighted by Gasteiger charge is -2.30. The summed E-state index contributed by atoms with van der Waals surface area (Å²) in [4.78, 5) is 0. The molecule has 0 aromatic rings. The van der Waals surface area contributed by atoms with Crippen molar-refractivity contribution >= 4 is 0 Å². The van der Waals surface area contributed by atoms with Gasteiger partial charge in [-0.3, -0.25) is 0 Å². The molecule has 0 radical (unpaired) electrons. The van der Waals surface area contributed by atoms with E-state index in [1.54, 1.807) is 0 Å². The predicted octanol–water partition coefficient (Wildman–Crippen LogP) is 1.41. The number of hydrogen-bond acceptors (Lipinski definition) is 4. The van der Waals surface area contributed by atoms with Gasteiger partial charge in [0.1, 0.15) is 0 Å². The van der Waals surface area contributed by atoms with Crippen molar-refractivity contribution < 1.29 is 20.4 Å². The van der Waals surface area contributed by atoms with Crippen LogP contribution >= 0.6 is 0 Å². The maximum atomic E-state index is 9.49. The summed E-state index contributed by atoms with van der Waals surface area (Å²) in [7, 11) is 0. The van der Waals surface area contributed by atoms with E-state index in [0.717, 1.165) is 12.8 Å². The summed E-state index contributed by atoms with van der Waals surface area (Å²) < 4.78 is 0. The van der Waals surface area contributed by atoms with Crippen molar-refractivity contribution in [3.05, 3.63) is 0 Å². The zero-order chi connectivity index (χ0) is 14.8. The van der Waals surface area contributed by atoms with Crippen LogP contribution in [0.3, 0.4) is 0 Å². The van der Waals surface area contributed by atoms with Crippen LogP contribution in [-0.4, -0.2) is 46.4 Å². The van der Waals surface area contributed by atoms with Gasteiger partial charge in [0.2, 0.25) is 0 Å². The van der Waals surface area contributed by atoms with Crippen LogP contribution < -0.4 is 0 Å². The minimum absolute atomic E-state index is 0.0341. The van der Waals surface area contributed by atoms with Gasteiger partial charge in [-0.05, 0) is 24.7 Å². The van der Waals surface area contributed by atoms with Crippen molar-refractivity contribution in [3.63, 3.8) is 0 Å². The molecule has 0 aliphatic carbocycles. The van der Waals surface area contributed by atoms with E-state index in [2.05, 4.69) is 0 Å². The van der Waals surface area contributed by atoms with Crippen LogP contribution in [0.1, 0.15) is 47.5 Å². The Morgan fingerprint density at radius 1 is 0.889 bits per heavy atom. The third kappa shape index (κ3) is 9.83. The van der Waals surface area contributed by atoms with Crippen molar-refractivity contribution in [3.8, 4) is 0 Å². The summed E-state index contributed by atoms with van der Waals surface area (Å²) in [6.45, 7) is 10.1. The average molecular weight is 264 g/mol. The Balaban J connectivity index is 0. The molecule has 0 bridgehead atoms. The topological polar surface area (TPSA) is 80.9 Å². The summed E-state index contributed by atoms with van der Waals surface area (Å²) in [5, 5.41) is 35.1. The number of hydrogen-bond donors (Lipinski definition) is 4. The van der Waals surface area contributed by atoms with Crippen molar-refractivity contribution in [2.45, 2.75) is 53.6 Å². The average Bonchev–Trinajstić information content (AvgIpc) is 2.29. The van der Waals surface area contributed by atoms with Gasteiger partial charge in [-0.1, -0.05) is 34.6 Å². The van der Waals surface area contributed by atoms with Gasteiger partial charge in [0.25, 0.3) is 0 Å². The molecular weight excluding hydrogens is 232 g/mol. The fraction of sp³-hybridized carbons (Fsp3) is 1.00. The van der Waals surface area contributed by atoms with E-state index < -0.39 is 6.10 Å². The quantitative estimate of drug-likeness (QED) is 0.560. The molecule has 0 saturated heterocycles. The third-order valence-electron chi connectivity index (χ3n) is 3.08. The SMILES string of the molecule is CC(C)C(O)C(C)(C)CO.CC(CCO)CCO. The van der Waals surface area contributed by atoms with Crippen molar-refractivity contribution in [2.24, 2.45) is 17.3 Å². The molecule has 0 fully saturated rings. The molecule has 0 aliphatic heterocycles. The molecule has 4 nitrogen and oxygen atoms in total. The fourth-order valence-electron chi connectivity index (χ4n) is 1.58. The minimum Gasteiger partial charge on any atom is -0.396 e. The first-order chi connectivity index (χ1) is 8.22. The van der Waals surface area contributed by atoms with Crippen LogP contribution in [0.5, 0.6) is 0 Å². The van der Waals surface area contributed by atoms with Crippen molar-refractivity contribution in [1.29, 1.82) is 0 Å². The highest BCUT2D eigenvalue weighted by Gasteiger charge is 2.28. The maximum Gasteiger partial charge on any atom is 0.0635 e.